The van der Waals surface area contributed by atoms with Gasteiger partial charge in [0.15, 0.2) is 6.61 Å². The van der Waals surface area contributed by atoms with E-state index in [0.717, 1.165) is 23.3 Å². The summed E-state index contributed by atoms with van der Waals surface area (Å²) in [4.78, 5) is 12.4. The molecule has 1 aliphatic heterocycles. The smallest absolute Gasteiger partial charge is 0.416 e. The van der Waals surface area contributed by atoms with E-state index in [0.29, 0.717) is 12.2 Å². The molecule has 1 amide bonds. The van der Waals surface area contributed by atoms with E-state index in [4.69, 9.17) is 9.47 Å². The Hall–Kier alpha value is -2.70. The summed E-state index contributed by atoms with van der Waals surface area (Å²) in [5.41, 5.74) is 0.650. The minimum Gasteiger partial charge on any atom is -0.487 e. The lowest BCUT2D eigenvalue weighted by Crippen LogP contribution is -2.42. The lowest BCUT2D eigenvalue weighted by Gasteiger charge is -2.38. The van der Waals surface area contributed by atoms with E-state index in [1.807, 2.05) is 39.0 Å². The zero-order valence-corrected chi connectivity index (χ0v) is 15.9. The number of amides is 1. The summed E-state index contributed by atoms with van der Waals surface area (Å²) in [5.74, 6) is 0.298. The van der Waals surface area contributed by atoms with Gasteiger partial charge in [0, 0.05) is 12.0 Å². The Morgan fingerprint density at radius 3 is 2.71 bits per heavy atom. The van der Waals surface area contributed by atoms with E-state index >= 15 is 0 Å². The molecule has 7 heteroatoms. The van der Waals surface area contributed by atoms with E-state index in [-0.39, 0.29) is 18.4 Å². The highest BCUT2D eigenvalue weighted by Crippen LogP contribution is 2.39. The van der Waals surface area contributed by atoms with Gasteiger partial charge in [0.2, 0.25) is 0 Å². The Labute approximate surface area is 161 Å². The number of aryl methyl sites for hydroxylation is 1. The largest absolute Gasteiger partial charge is 0.487 e. The maximum absolute atomic E-state index is 12.8. The van der Waals surface area contributed by atoms with E-state index in [9.17, 15) is 18.0 Å². The number of nitrogens with one attached hydrogen (secondary N) is 1. The number of hydrogen-bond acceptors (Lipinski definition) is 3. The van der Waals surface area contributed by atoms with Gasteiger partial charge in [-0.2, -0.15) is 13.2 Å². The summed E-state index contributed by atoms with van der Waals surface area (Å²) < 4.78 is 49.6. The van der Waals surface area contributed by atoms with Crippen LogP contribution in [0.5, 0.6) is 11.5 Å². The zero-order chi connectivity index (χ0) is 20.5. The number of benzene rings is 2. The molecule has 0 aliphatic carbocycles. The van der Waals surface area contributed by atoms with Crippen molar-refractivity contribution in [1.29, 1.82) is 0 Å². The van der Waals surface area contributed by atoms with Gasteiger partial charge >= 0.3 is 6.18 Å². The lowest BCUT2D eigenvalue weighted by atomic mass is 9.89. The van der Waals surface area contributed by atoms with Gasteiger partial charge in [-0.1, -0.05) is 23.8 Å². The van der Waals surface area contributed by atoms with E-state index < -0.39 is 23.2 Å². The van der Waals surface area contributed by atoms with Crippen molar-refractivity contribution in [3.05, 3.63) is 59.2 Å². The monoisotopic (exact) mass is 393 g/mol. The van der Waals surface area contributed by atoms with Crippen LogP contribution in [0.25, 0.3) is 0 Å². The Morgan fingerprint density at radius 1 is 1.25 bits per heavy atom. The van der Waals surface area contributed by atoms with Crippen LogP contribution < -0.4 is 14.8 Å². The molecule has 150 valence electrons. The van der Waals surface area contributed by atoms with Crippen molar-refractivity contribution < 1.29 is 27.4 Å². The van der Waals surface area contributed by atoms with Crippen LogP contribution in [0.1, 0.15) is 43.0 Å². The molecule has 0 fully saturated rings. The van der Waals surface area contributed by atoms with Crippen molar-refractivity contribution in [2.24, 2.45) is 0 Å². The average Bonchev–Trinajstić information content (AvgIpc) is 2.59. The van der Waals surface area contributed by atoms with Gasteiger partial charge in [-0.25, -0.2) is 0 Å². The van der Waals surface area contributed by atoms with Crippen molar-refractivity contribution in [3.8, 4) is 11.5 Å². The summed E-state index contributed by atoms with van der Waals surface area (Å²) in [6.45, 7) is 5.46. The second-order valence-corrected chi connectivity index (χ2v) is 7.54. The van der Waals surface area contributed by atoms with Gasteiger partial charge in [-0.15, -0.1) is 0 Å². The maximum Gasteiger partial charge on any atom is 0.416 e. The van der Waals surface area contributed by atoms with Crippen molar-refractivity contribution in [3.63, 3.8) is 0 Å². The molecule has 1 atom stereocenters. The third-order valence-corrected chi connectivity index (χ3v) is 4.49. The summed E-state index contributed by atoms with van der Waals surface area (Å²) in [7, 11) is 0. The van der Waals surface area contributed by atoms with Gasteiger partial charge in [0.1, 0.15) is 17.1 Å². The molecule has 0 aromatic heterocycles. The van der Waals surface area contributed by atoms with Gasteiger partial charge < -0.3 is 14.8 Å². The second kappa shape index (κ2) is 7.37. The van der Waals surface area contributed by atoms with Crippen LogP contribution in [0, 0.1) is 6.92 Å². The predicted molar refractivity (Wildman–Crippen MR) is 98.3 cm³/mol. The molecule has 2 aromatic carbocycles. The number of ether oxygens (including phenoxy) is 2. The number of rotatable bonds is 4. The molecule has 1 N–H and O–H groups in total. The summed E-state index contributed by atoms with van der Waals surface area (Å²) in [6.07, 6.45) is -3.89. The Bertz CT molecular complexity index is 877. The molecule has 0 bridgehead atoms. The first-order valence-electron chi connectivity index (χ1n) is 8.92. The normalized spacial score (nSPS) is 18.0. The molecular formula is C21H22F3NO3. The standard InChI is InChI=1S/C21H22F3NO3/c1-13-7-8-18-16(9-13)17(11-20(2,3)28-18)25-19(26)12-27-15-6-4-5-14(10-15)21(22,23)24/h4-10,17H,11-12H2,1-3H3,(H,25,26). The molecule has 1 unspecified atom stereocenters. The van der Waals surface area contributed by atoms with Crippen molar-refractivity contribution in [2.45, 2.75) is 45.0 Å². The number of hydrogen-bond donors (Lipinski definition) is 1. The Morgan fingerprint density at radius 2 is 2.00 bits per heavy atom. The third-order valence-electron chi connectivity index (χ3n) is 4.49. The molecule has 3 rings (SSSR count). The fraction of sp³-hybridized carbons (Fsp3) is 0.381. The molecule has 0 radical (unpaired) electrons. The SMILES string of the molecule is Cc1ccc2c(c1)C(NC(=O)COc1cccc(C(F)(F)F)c1)CC(C)(C)O2. The number of alkyl halides is 3. The van der Waals surface area contributed by atoms with E-state index in [2.05, 4.69) is 5.32 Å². The summed E-state index contributed by atoms with van der Waals surface area (Å²) in [5, 5.41) is 2.91. The maximum atomic E-state index is 12.8. The van der Waals surface area contributed by atoms with Crippen LogP contribution in [0.2, 0.25) is 0 Å². The van der Waals surface area contributed by atoms with Crippen LogP contribution in [0.3, 0.4) is 0 Å². The molecule has 4 nitrogen and oxygen atoms in total. The van der Waals surface area contributed by atoms with E-state index in [1.165, 1.54) is 12.1 Å². The average molecular weight is 393 g/mol. The van der Waals surface area contributed by atoms with Crippen molar-refractivity contribution in [1.82, 2.24) is 5.32 Å². The lowest BCUT2D eigenvalue weighted by molar-refractivity contribution is -0.137. The van der Waals surface area contributed by atoms with Crippen molar-refractivity contribution >= 4 is 5.91 Å². The quantitative estimate of drug-likeness (QED) is 0.811. The molecule has 0 saturated heterocycles. The third kappa shape index (κ3) is 4.77. The van der Waals surface area contributed by atoms with Gasteiger partial charge in [0.25, 0.3) is 5.91 Å². The van der Waals surface area contributed by atoms with Crippen LogP contribution in [-0.2, 0) is 11.0 Å². The highest BCUT2D eigenvalue weighted by molar-refractivity contribution is 5.78. The number of carbonyl (C=O) groups excluding carboxylic acids is 1. The fourth-order valence-electron chi connectivity index (χ4n) is 3.25. The highest BCUT2D eigenvalue weighted by Gasteiger charge is 2.34. The molecular weight excluding hydrogens is 371 g/mol. The Balaban J connectivity index is 1.68. The van der Waals surface area contributed by atoms with Crippen LogP contribution in [0.4, 0.5) is 13.2 Å². The van der Waals surface area contributed by atoms with Gasteiger partial charge in [0.05, 0.1) is 11.6 Å². The van der Waals surface area contributed by atoms with Crippen LogP contribution in [0.15, 0.2) is 42.5 Å². The number of fused-ring (bicyclic) bond motifs is 1. The first-order chi connectivity index (χ1) is 13.0. The minimum absolute atomic E-state index is 0.00599. The molecule has 2 aromatic rings. The Kier molecular flexibility index (Phi) is 5.28. The molecule has 28 heavy (non-hydrogen) atoms. The summed E-state index contributed by atoms with van der Waals surface area (Å²) in [6, 6.07) is 9.98. The first-order valence-corrected chi connectivity index (χ1v) is 8.92. The van der Waals surface area contributed by atoms with Crippen molar-refractivity contribution in [2.75, 3.05) is 6.61 Å². The zero-order valence-electron chi connectivity index (χ0n) is 15.9. The number of halogens is 3. The second-order valence-electron chi connectivity index (χ2n) is 7.54. The fourth-order valence-corrected chi connectivity index (χ4v) is 3.25. The molecule has 1 aliphatic rings. The first kappa shape index (κ1) is 20.0. The van der Waals surface area contributed by atoms with Gasteiger partial charge in [-0.05, 0) is 45.0 Å². The number of carbonyl (C=O) groups is 1. The molecule has 1 heterocycles. The molecule has 0 saturated carbocycles. The topological polar surface area (TPSA) is 47.6 Å². The van der Waals surface area contributed by atoms with Gasteiger partial charge in [-0.3, -0.25) is 4.79 Å². The minimum atomic E-state index is -4.46. The predicted octanol–water partition coefficient (Wildman–Crippen LogP) is 4.81. The molecule has 0 spiro atoms. The summed E-state index contributed by atoms with van der Waals surface area (Å²) >= 11 is 0. The van der Waals surface area contributed by atoms with Crippen LogP contribution in [-0.4, -0.2) is 18.1 Å². The van der Waals surface area contributed by atoms with E-state index in [1.54, 1.807) is 0 Å². The van der Waals surface area contributed by atoms with Crippen LogP contribution >= 0.6 is 0 Å². The highest BCUT2D eigenvalue weighted by atomic mass is 19.4.